The third-order valence-electron chi connectivity index (χ3n) is 4.63. The summed E-state index contributed by atoms with van der Waals surface area (Å²) < 4.78 is 0. The number of likely N-dealkylation sites (N-methyl/N-ethyl adjacent to an activating group) is 1. The van der Waals surface area contributed by atoms with E-state index in [9.17, 15) is 5.11 Å². The molecule has 16 heavy (non-hydrogen) atoms. The molecule has 1 heterocycles. The van der Waals surface area contributed by atoms with Crippen molar-refractivity contribution in [2.45, 2.75) is 37.3 Å². The van der Waals surface area contributed by atoms with Crippen molar-refractivity contribution < 1.29 is 5.11 Å². The zero-order chi connectivity index (χ0) is 11.3. The molecule has 0 saturated carbocycles. The van der Waals surface area contributed by atoms with Crippen molar-refractivity contribution in [3.05, 3.63) is 35.4 Å². The first-order valence-electron chi connectivity index (χ1n) is 6.09. The van der Waals surface area contributed by atoms with E-state index >= 15 is 0 Å². The van der Waals surface area contributed by atoms with Crippen molar-refractivity contribution in [3.63, 3.8) is 0 Å². The van der Waals surface area contributed by atoms with Crippen LogP contribution in [0.2, 0.25) is 0 Å². The number of aliphatic hydroxyl groups excluding tert-OH is 1. The molecule has 2 bridgehead atoms. The van der Waals surface area contributed by atoms with Crippen LogP contribution in [0.1, 0.15) is 24.5 Å². The molecule has 1 aromatic carbocycles. The van der Waals surface area contributed by atoms with Crippen LogP contribution >= 0.6 is 0 Å². The van der Waals surface area contributed by atoms with E-state index in [0.717, 1.165) is 19.4 Å². The lowest BCUT2D eigenvalue weighted by atomic mass is 9.63. The van der Waals surface area contributed by atoms with Crippen molar-refractivity contribution >= 4 is 0 Å². The number of rotatable bonds is 0. The molecule has 1 aliphatic heterocycles. The minimum atomic E-state index is -0.221. The smallest absolute Gasteiger partial charge is 0.0792 e. The lowest BCUT2D eigenvalue weighted by Crippen LogP contribution is -2.61. The van der Waals surface area contributed by atoms with Gasteiger partial charge in [0.2, 0.25) is 0 Å². The molecular weight excluding hydrogens is 198 g/mol. The van der Waals surface area contributed by atoms with Gasteiger partial charge in [-0.2, -0.15) is 0 Å². The lowest BCUT2D eigenvalue weighted by Gasteiger charge is -2.52. The van der Waals surface area contributed by atoms with Crippen LogP contribution in [0.5, 0.6) is 0 Å². The summed E-state index contributed by atoms with van der Waals surface area (Å²) in [6, 6.07) is 8.91. The summed E-state index contributed by atoms with van der Waals surface area (Å²) >= 11 is 0. The van der Waals surface area contributed by atoms with E-state index in [4.69, 9.17) is 0 Å². The van der Waals surface area contributed by atoms with E-state index in [1.54, 1.807) is 0 Å². The molecule has 0 aromatic heterocycles. The summed E-state index contributed by atoms with van der Waals surface area (Å²) in [5.74, 6) is 0. The molecule has 3 rings (SSSR count). The van der Waals surface area contributed by atoms with Crippen LogP contribution in [0.15, 0.2) is 24.3 Å². The second-order valence-corrected chi connectivity index (χ2v) is 5.52. The number of hydrogen-bond acceptors (Lipinski definition) is 2. The highest BCUT2D eigenvalue weighted by Crippen LogP contribution is 2.44. The van der Waals surface area contributed by atoms with Crippen molar-refractivity contribution in [2.75, 3.05) is 13.6 Å². The molecular formula is C14H19NO. The van der Waals surface area contributed by atoms with Gasteiger partial charge in [0, 0.05) is 11.5 Å². The molecule has 2 nitrogen and oxygen atoms in total. The summed E-state index contributed by atoms with van der Waals surface area (Å²) in [5.41, 5.74) is 2.75. The third kappa shape index (κ3) is 1.20. The maximum atomic E-state index is 10.5. The minimum Gasteiger partial charge on any atom is -0.391 e. The van der Waals surface area contributed by atoms with Gasteiger partial charge in [0.1, 0.15) is 0 Å². The van der Waals surface area contributed by atoms with E-state index in [1.807, 2.05) is 0 Å². The zero-order valence-electron chi connectivity index (χ0n) is 9.98. The Labute approximate surface area is 96.9 Å². The highest BCUT2D eigenvalue weighted by atomic mass is 16.3. The van der Waals surface area contributed by atoms with Gasteiger partial charge in [-0.1, -0.05) is 31.2 Å². The number of likely N-dealkylation sites (tertiary alicyclic amines) is 1. The molecule has 3 atom stereocenters. The van der Waals surface area contributed by atoms with Crippen LogP contribution in [0.25, 0.3) is 0 Å². The van der Waals surface area contributed by atoms with E-state index in [-0.39, 0.29) is 11.5 Å². The predicted molar refractivity (Wildman–Crippen MR) is 64.5 cm³/mol. The highest BCUT2D eigenvalue weighted by molar-refractivity contribution is 5.40. The second-order valence-electron chi connectivity index (χ2n) is 5.52. The number of piperidine rings is 1. The number of benzene rings is 1. The molecule has 0 amide bonds. The lowest BCUT2D eigenvalue weighted by molar-refractivity contribution is -0.0406. The maximum Gasteiger partial charge on any atom is 0.0792 e. The van der Waals surface area contributed by atoms with Gasteiger partial charge in [0.15, 0.2) is 0 Å². The monoisotopic (exact) mass is 217 g/mol. The molecule has 0 radical (unpaired) electrons. The quantitative estimate of drug-likeness (QED) is 0.713. The molecule has 1 N–H and O–H groups in total. The third-order valence-corrected chi connectivity index (χ3v) is 4.63. The Morgan fingerprint density at radius 3 is 2.94 bits per heavy atom. The fraction of sp³-hybridized carbons (Fsp3) is 0.571. The van der Waals surface area contributed by atoms with E-state index < -0.39 is 0 Å². The van der Waals surface area contributed by atoms with E-state index in [0.29, 0.717) is 6.04 Å². The first-order chi connectivity index (χ1) is 7.63. The summed E-state index contributed by atoms with van der Waals surface area (Å²) in [6.45, 7) is 3.31. The second kappa shape index (κ2) is 3.31. The zero-order valence-corrected chi connectivity index (χ0v) is 9.98. The molecule has 2 aliphatic rings. The Morgan fingerprint density at radius 1 is 1.38 bits per heavy atom. The molecule has 1 saturated heterocycles. The Morgan fingerprint density at radius 2 is 2.12 bits per heavy atom. The first-order valence-corrected chi connectivity index (χ1v) is 6.09. The highest BCUT2D eigenvalue weighted by Gasteiger charge is 2.48. The molecule has 0 unspecified atom stereocenters. The normalized spacial score (nSPS) is 38.2. The van der Waals surface area contributed by atoms with Gasteiger partial charge in [-0.3, -0.25) is 0 Å². The predicted octanol–water partition coefficient (Wildman–Crippen LogP) is 1.57. The first kappa shape index (κ1) is 10.3. The standard InChI is InChI=1S/C14H19NO/c1-14-7-8-15(2)12(13(14)16)9-10-5-3-4-6-11(10)14/h3-6,12-13,16H,7-9H2,1-2H3/t12-,13+,14-/m0/s1. The Hall–Kier alpha value is -0.860. The Balaban J connectivity index is 2.15. The SMILES string of the molecule is CN1CC[C@@]2(C)c3ccccc3C[C@H]1[C@H]2O. The van der Waals surface area contributed by atoms with Crippen molar-refractivity contribution in [1.82, 2.24) is 4.90 Å². The summed E-state index contributed by atoms with van der Waals surface area (Å²) in [5, 5.41) is 10.5. The van der Waals surface area contributed by atoms with Gasteiger partial charge in [0.25, 0.3) is 0 Å². The number of hydrogen-bond donors (Lipinski definition) is 1. The number of nitrogens with zero attached hydrogens (tertiary/aromatic N) is 1. The van der Waals surface area contributed by atoms with Crippen LogP contribution in [0, 0.1) is 0 Å². The van der Waals surface area contributed by atoms with Crippen molar-refractivity contribution in [2.24, 2.45) is 0 Å². The minimum absolute atomic E-state index is 0.0357. The summed E-state index contributed by atoms with van der Waals surface area (Å²) in [6.07, 6.45) is 1.82. The van der Waals surface area contributed by atoms with Gasteiger partial charge in [-0.05, 0) is 37.6 Å². The molecule has 1 aromatic rings. The average molecular weight is 217 g/mol. The van der Waals surface area contributed by atoms with Crippen LogP contribution in [0.3, 0.4) is 0 Å². The summed E-state index contributed by atoms with van der Waals surface area (Å²) in [4.78, 5) is 2.31. The van der Waals surface area contributed by atoms with E-state index in [1.165, 1.54) is 11.1 Å². The van der Waals surface area contributed by atoms with Crippen LogP contribution in [-0.2, 0) is 11.8 Å². The van der Waals surface area contributed by atoms with Crippen LogP contribution in [0.4, 0.5) is 0 Å². The number of aliphatic hydroxyl groups is 1. The van der Waals surface area contributed by atoms with Crippen LogP contribution in [-0.4, -0.2) is 35.7 Å². The fourth-order valence-corrected chi connectivity index (χ4v) is 3.43. The fourth-order valence-electron chi connectivity index (χ4n) is 3.43. The topological polar surface area (TPSA) is 23.5 Å². The van der Waals surface area contributed by atoms with Gasteiger partial charge >= 0.3 is 0 Å². The average Bonchev–Trinajstić information content (AvgIpc) is 2.29. The van der Waals surface area contributed by atoms with Crippen LogP contribution < -0.4 is 0 Å². The largest absolute Gasteiger partial charge is 0.391 e. The molecule has 86 valence electrons. The molecule has 2 heteroatoms. The molecule has 1 aliphatic carbocycles. The van der Waals surface area contributed by atoms with Gasteiger partial charge in [0.05, 0.1) is 6.10 Å². The van der Waals surface area contributed by atoms with Crippen molar-refractivity contribution in [3.8, 4) is 0 Å². The van der Waals surface area contributed by atoms with Gasteiger partial charge in [-0.15, -0.1) is 0 Å². The van der Waals surface area contributed by atoms with Gasteiger partial charge < -0.3 is 10.0 Å². The summed E-state index contributed by atoms with van der Waals surface area (Å²) in [7, 11) is 2.13. The van der Waals surface area contributed by atoms with Crippen molar-refractivity contribution in [1.29, 1.82) is 0 Å². The van der Waals surface area contributed by atoms with Gasteiger partial charge in [-0.25, -0.2) is 0 Å². The maximum absolute atomic E-state index is 10.5. The van der Waals surface area contributed by atoms with E-state index in [2.05, 4.69) is 43.1 Å². The Bertz CT molecular complexity index is 417. The molecule has 0 spiro atoms. The Kier molecular flexibility index (Phi) is 2.13. The number of fused-ring (bicyclic) bond motifs is 4. The molecule has 1 fully saturated rings.